The molecule has 110 valence electrons. The van der Waals surface area contributed by atoms with Crippen molar-refractivity contribution in [2.24, 2.45) is 0 Å². The molecule has 0 fully saturated rings. The van der Waals surface area contributed by atoms with Crippen molar-refractivity contribution < 1.29 is 18.4 Å². The molecule has 0 aliphatic heterocycles. The van der Waals surface area contributed by atoms with Gasteiger partial charge in [-0.05, 0) is 19.9 Å². The third-order valence-electron chi connectivity index (χ3n) is 2.79. The minimum atomic E-state index is -0.716. The van der Waals surface area contributed by atoms with Crippen molar-refractivity contribution in [1.29, 1.82) is 0 Å². The second kappa shape index (κ2) is 6.95. The SMILES string of the molecule is CNC(=O)NC(=O)[C@H](C)N[C@@H](C)c1ccc(F)cc1F. The fourth-order valence-corrected chi connectivity index (χ4v) is 1.68. The lowest BCUT2D eigenvalue weighted by Crippen LogP contribution is -2.47. The summed E-state index contributed by atoms with van der Waals surface area (Å²) in [4.78, 5) is 22.6. The maximum Gasteiger partial charge on any atom is 0.321 e. The predicted octanol–water partition coefficient (Wildman–Crippen LogP) is 1.46. The van der Waals surface area contributed by atoms with Crippen LogP contribution in [0.2, 0.25) is 0 Å². The van der Waals surface area contributed by atoms with Crippen LogP contribution in [0.4, 0.5) is 13.6 Å². The van der Waals surface area contributed by atoms with E-state index in [0.717, 1.165) is 12.1 Å². The second-order valence-corrected chi connectivity index (χ2v) is 4.34. The van der Waals surface area contributed by atoms with E-state index in [4.69, 9.17) is 0 Å². The molecule has 0 bridgehead atoms. The summed E-state index contributed by atoms with van der Waals surface area (Å²) in [5.74, 6) is -1.90. The summed E-state index contributed by atoms with van der Waals surface area (Å²) in [6, 6.07) is 1.39. The minimum Gasteiger partial charge on any atom is -0.341 e. The van der Waals surface area contributed by atoms with E-state index in [1.165, 1.54) is 20.0 Å². The molecule has 0 spiro atoms. The third kappa shape index (κ3) is 4.27. The molecule has 0 saturated heterocycles. The number of urea groups is 1. The molecule has 0 aromatic heterocycles. The van der Waals surface area contributed by atoms with Crippen LogP contribution in [0.1, 0.15) is 25.5 Å². The van der Waals surface area contributed by atoms with Gasteiger partial charge in [0.25, 0.3) is 0 Å². The van der Waals surface area contributed by atoms with E-state index in [1.54, 1.807) is 6.92 Å². The van der Waals surface area contributed by atoms with Crippen LogP contribution in [0.3, 0.4) is 0 Å². The Hall–Kier alpha value is -2.02. The van der Waals surface area contributed by atoms with Crippen LogP contribution in [0.15, 0.2) is 18.2 Å². The highest BCUT2D eigenvalue weighted by Crippen LogP contribution is 2.18. The molecule has 0 radical (unpaired) electrons. The van der Waals surface area contributed by atoms with Gasteiger partial charge in [-0.1, -0.05) is 6.07 Å². The van der Waals surface area contributed by atoms with Gasteiger partial charge in [0.15, 0.2) is 0 Å². The van der Waals surface area contributed by atoms with Crippen LogP contribution in [0, 0.1) is 11.6 Å². The quantitative estimate of drug-likeness (QED) is 0.784. The average Bonchev–Trinajstić information content (AvgIpc) is 2.37. The van der Waals surface area contributed by atoms with Crippen molar-refractivity contribution in [3.8, 4) is 0 Å². The number of benzene rings is 1. The summed E-state index contributed by atoms with van der Waals surface area (Å²) in [5, 5.41) is 7.19. The Balaban J connectivity index is 2.67. The van der Waals surface area contributed by atoms with E-state index in [9.17, 15) is 18.4 Å². The van der Waals surface area contributed by atoms with E-state index in [1.807, 2.05) is 0 Å². The van der Waals surface area contributed by atoms with Crippen LogP contribution in [0.25, 0.3) is 0 Å². The molecule has 0 aliphatic rings. The standard InChI is InChI=1S/C13H17F2N3O2/c1-7(10-5-4-9(14)6-11(10)15)17-8(2)12(19)18-13(20)16-3/h4-8,17H,1-3H3,(H2,16,18,19,20)/t7-,8-/m0/s1. The molecular formula is C13H17F2N3O2. The van der Waals surface area contributed by atoms with E-state index >= 15 is 0 Å². The minimum absolute atomic E-state index is 0.242. The Morgan fingerprint density at radius 3 is 2.40 bits per heavy atom. The predicted molar refractivity (Wildman–Crippen MR) is 70.0 cm³/mol. The fraction of sp³-hybridized carbons (Fsp3) is 0.385. The lowest BCUT2D eigenvalue weighted by Gasteiger charge is -2.20. The first-order valence-corrected chi connectivity index (χ1v) is 6.08. The van der Waals surface area contributed by atoms with E-state index < -0.39 is 35.7 Å². The molecule has 0 unspecified atom stereocenters. The molecule has 0 saturated carbocycles. The maximum absolute atomic E-state index is 13.6. The van der Waals surface area contributed by atoms with Crippen molar-refractivity contribution in [3.63, 3.8) is 0 Å². The number of amides is 3. The molecule has 0 aliphatic carbocycles. The maximum atomic E-state index is 13.6. The van der Waals surface area contributed by atoms with Crippen molar-refractivity contribution in [2.45, 2.75) is 25.9 Å². The highest BCUT2D eigenvalue weighted by molar-refractivity contribution is 5.96. The second-order valence-electron chi connectivity index (χ2n) is 4.34. The number of nitrogens with one attached hydrogen (secondary N) is 3. The van der Waals surface area contributed by atoms with Crippen molar-refractivity contribution >= 4 is 11.9 Å². The summed E-state index contributed by atoms with van der Waals surface area (Å²) >= 11 is 0. The van der Waals surface area contributed by atoms with Crippen molar-refractivity contribution in [3.05, 3.63) is 35.4 Å². The molecule has 20 heavy (non-hydrogen) atoms. The Kier molecular flexibility index (Phi) is 5.57. The molecule has 0 heterocycles. The van der Waals surface area contributed by atoms with Gasteiger partial charge in [0, 0.05) is 24.7 Å². The molecule has 3 N–H and O–H groups in total. The first-order chi connectivity index (χ1) is 9.35. The Labute approximate surface area is 115 Å². The molecule has 3 amide bonds. The summed E-state index contributed by atoms with van der Waals surface area (Å²) in [6.45, 7) is 3.18. The number of carbonyl (C=O) groups is 2. The van der Waals surface area contributed by atoms with Gasteiger partial charge in [0.1, 0.15) is 11.6 Å². The first kappa shape index (κ1) is 16.0. The van der Waals surface area contributed by atoms with E-state index in [-0.39, 0.29) is 5.56 Å². The molecule has 7 heteroatoms. The molecule has 1 aromatic carbocycles. The smallest absolute Gasteiger partial charge is 0.321 e. The number of hydrogen-bond acceptors (Lipinski definition) is 3. The summed E-state index contributed by atoms with van der Waals surface area (Å²) in [7, 11) is 1.39. The van der Waals surface area contributed by atoms with E-state index in [2.05, 4.69) is 16.0 Å². The van der Waals surface area contributed by atoms with Gasteiger partial charge < -0.3 is 5.32 Å². The Bertz CT molecular complexity index is 508. The monoisotopic (exact) mass is 285 g/mol. The lowest BCUT2D eigenvalue weighted by molar-refractivity contribution is -0.121. The normalized spacial score (nSPS) is 13.4. The first-order valence-electron chi connectivity index (χ1n) is 6.08. The van der Waals surface area contributed by atoms with Crippen LogP contribution in [-0.2, 0) is 4.79 Å². The molecule has 5 nitrogen and oxygen atoms in total. The number of hydrogen-bond donors (Lipinski definition) is 3. The summed E-state index contributed by atoms with van der Waals surface area (Å²) in [5.41, 5.74) is 0.242. The van der Waals surface area contributed by atoms with Crippen LogP contribution < -0.4 is 16.0 Å². The summed E-state index contributed by atoms with van der Waals surface area (Å²) in [6.07, 6.45) is 0. The number of rotatable bonds is 4. The van der Waals surface area contributed by atoms with Gasteiger partial charge in [-0.25, -0.2) is 13.6 Å². The van der Waals surface area contributed by atoms with Crippen LogP contribution >= 0.6 is 0 Å². The number of carbonyl (C=O) groups excluding carboxylic acids is 2. The fourth-order valence-electron chi connectivity index (χ4n) is 1.68. The molecule has 2 atom stereocenters. The molecule has 1 aromatic rings. The van der Waals surface area contributed by atoms with Gasteiger partial charge >= 0.3 is 6.03 Å². The van der Waals surface area contributed by atoms with Gasteiger partial charge in [0.2, 0.25) is 5.91 Å². The van der Waals surface area contributed by atoms with Gasteiger partial charge in [0.05, 0.1) is 6.04 Å². The molecular weight excluding hydrogens is 268 g/mol. The van der Waals surface area contributed by atoms with Gasteiger partial charge in [-0.3, -0.25) is 15.4 Å². The largest absolute Gasteiger partial charge is 0.341 e. The van der Waals surface area contributed by atoms with Gasteiger partial charge in [-0.2, -0.15) is 0 Å². The zero-order valence-corrected chi connectivity index (χ0v) is 11.5. The summed E-state index contributed by atoms with van der Waals surface area (Å²) < 4.78 is 26.4. The molecule has 1 rings (SSSR count). The highest BCUT2D eigenvalue weighted by Gasteiger charge is 2.19. The number of imide groups is 1. The van der Waals surface area contributed by atoms with Crippen LogP contribution in [-0.4, -0.2) is 25.0 Å². The Morgan fingerprint density at radius 2 is 1.85 bits per heavy atom. The van der Waals surface area contributed by atoms with Gasteiger partial charge in [-0.15, -0.1) is 0 Å². The third-order valence-corrected chi connectivity index (χ3v) is 2.79. The van der Waals surface area contributed by atoms with Crippen molar-refractivity contribution in [1.82, 2.24) is 16.0 Å². The topological polar surface area (TPSA) is 70.2 Å². The van der Waals surface area contributed by atoms with Crippen molar-refractivity contribution in [2.75, 3.05) is 7.05 Å². The zero-order valence-electron chi connectivity index (χ0n) is 11.5. The highest BCUT2D eigenvalue weighted by atomic mass is 19.1. The average molecular weight is 285 g/mol. The van der Waals surface area contributed by atoms with Crippen LogP contribution in [0.5, 0.6) is 0 Å². The Morgan fingerprint density at radius 1 is 1.20 bits per heavy atom. The number of halogens is 2. The van der Waals surface area contributed by atoms with E-state index in [0.29, 0.717) is 0 Å². The lowest BCUT2D eigenvalue weighted by atomic mass is 10.1. The zero-order chi connectivity index (χ0) is 15.3.